The van der Waals surface area contributed by atoms with Crippen LogP contribution in [0.1, 0.15) is 21.5 Å². The number of methoxy groups -OCH3 is 1. The molecule has 8 heteroatoms. The fourth-order valence-corrected chi connectivity index (χ4v) is 4.62. The fourth-order valence-electron chi connectivity index (χ4n) is 3.53. The number of amides is 1. The van der Waals surface area contributed by atoms with E-state index in [1.807, 2.05) is 31.2 Å². The molecule has 4 rings (SSSR count). The summed E-state index contributed by atoms with van der Waals surface area (Å²) in [5, 5.41) is 3.53. The van der Waals surface area contributed by atoms with E-state index in [2.05, 4.69) is 5.32 Å². The van der Waals surface area contributed by atoms with Crippen molar-refractivity contribution in [2.45, 2.75) is 17.8 Å². The van der Waals surface area contributed by atoms with Gasteiger partial charge in [-0.3, -0.25) is 14.2 Å². The van der Waals surface area contributed by atoms with E-state index < -0.39 is 5.82 Å². The summed E-state index contributed by atoms with van der Waals surface area (Å²) >= 11 is 1.39. The molecule has 174 valence electrons. The number of benzene rings is 3. The summed E-state index contributed by atoms with van der Waals surface area (Å²) in [6.07, 6.45) is 0. The van der Waals surface area contributed by atoms with E-state index in [1.165, 1.54) is 28.5 Å². The zero-order chi connectivity index (χ0) is 24.1. The van der Waals surface area contributed by atoms with Crippen molar-refractivity contribution in [2.24, 2.45) is 0 Å². The highest BCUT2D eigenvalue weighted by Gasteiger charge is 2.16. The Morgan fingerprint density at radius 2 is 1.94 bits per heavy atom. The van der Waals surface area contributed by atoms with Gasteiger partial charge in [-0.1, -0.05) is 42.1 Å². The first-order valence-electron chi connectivity index (χ1n) is 10.7. The molecule has 0 aliphatic carbocycles. The predicted molar refractivity (Wildman–Crippen MR) is 132 cm³/mol. The molecule has 0 aliphatic heterocycles. The molecule has 34 heavy (non-hydrogen) atoms. The molecular formula is C26H24FN3O3S. The highest BCUT2D eigenvalue weighted by molar-refractivity contribution is 7.98. The summed E-state index contributed by atoms with van der Waals surface area (Å²) in [5.41, 5.74) is 3.12. The first-order chi connectivity index (χ1) is 16.5. The summed E-state index contributed by atoms with van der Waals surface area (Å²) in [7, 11) is 1.56. The zero-order valence-electron chi connectivity index (χ0n) is 18.9. The fraction of sp³-hybridized carbons (Fsp3) is 0.192. The lowest BCUT2D eigenvalue weighted by atomic mass is 10.1. The average Bonchev–Trinajstić information content (AvgIpc) is 2.83. The number of fused-ring (bicyclic) bond motifs is 1. The van der Waals surface area contributed by atoms with Crippen molar-refractivity contribution >= 4 is 28.6 Å². The number of ether oxygens (including phenoxy) is 1. The smallest absolute Gasteiger partial charge is 0.266 e. The van der Waals surface area contributed by atoms with Crippen molar-refractivity contribution < 1.29 is 13.9 Å². The van der Waals surface area contributed by atoms with E-state index in [4.69, 9.17) is 9.72 Å². The monoisotopic (exact) mass is 477 g/mol. The first kappa shape index (κ1) is 23.7. The van der Waals surface area contributed by atoms with Gasteiger partial charge in [-0.15, -0.1) is 0 Å². The number of nitrogens with zero attached hydrogens (tertiary/aromatic N) is 2. The SMILES string of the molecule is COCCNC(=O)c1ccc2c(=O)n(-c3cccc(F)c3)c(SCc3ccccc3C)nc2c1. The Labute approximate surface area is 200 Å². The number of thioether (sulfide) groups is 1. The van der Waals surface area contributed by atoms with Crippen LogP contribution in [0.25, 0.3) is 16.6 Å². The van der Waals surface area contributed by atoms with Crippen molar-refractivity contribution in [3.05, 3.63) is 99.6 Å². The van der Waals surface area contributed by atoms with Gasteiger partial charge < -0.3 is 10.1 Å². The Morgan fingerprint density at radius 3 is 2.71 bits per heavy atom. The molecule has 0 bridgehead atoms. The molecule has 1 aromatic heterocycles. The van der Waals surface area contributed by atoms with Crippen LogP contribution in [0.3, 0.4) is 0 Å². The quantitative estimate of drug-likeness (QED) is 0.230. The van der Waals surface area contributed by atoms with Crippen LogP contribution in [-0.4, -0.2) is 35.7 Å². The zero-order valence-corrected chi connectivity index (χ0v) is 19.7. The van der Waals surface area contributed by atoms with E-state index >= 15 is 0 Å². The van der Waals surface area contributed by atoms with E-state index in [0.29, 0.717) is 46.2 Å². The molecule has 0 radical (unpaired) electrons. The topological polar surface area (TPSA) is 73.2 Å². The Morgan fingerprint density at radius 1 is 1.12 bits per heavy atom. The Hall–Kier alpha value is -3.49. The molecule has 3 aromatic carbocycles. The Bertz CT molecular complexity index is 1400. The maximum atomic E-state index is 14.0. The van der Waals surface area contributed by atoms with Crippen molar-refractivity contribution in [3.63, 3.8) is 0 Å². The molecule has 1 N–H and O–H groups in total. The molecule has 0 saturated heterocycles. The van der Waals surface area contributed by atoms with Crippen molar-refractivity contribution in [1.29, 1.82) is 0 Å². The van der Waals surface area contributed by atoms with E-state index in [1.54, 1.807) is 37.4 Å². The largest absolute Gasteiger partial charge is 0.383 e. The second-order valence-electron chi connectivity index (χ2n) is 7.71. The number of aromatic nitrogens is 2. The third kappa shape index (κ3) is 5.18. The van der Waals surface area contributed by atoms with Gasteiger partial charge in [0, 0.05) is 25.0 Å². The molecule has 0 fully saturated rings. The van der Waals surface area contributed by atoms with Crippen LogP contribution in [-0.2, 0) is 10.5 Å². The Balaban J connectivity index is 1.79. The highest BCUT2D eigenvalue weighted by Crippen LogP contribution is 2.26. The van der Waals surface area contributed by atoms with Crippen LogP contribution in [0.2, 0.25) is 0 Å². The van der Waals surface area contributed by atoms with Gasteiger partial charge in [0.05, 0.1) is 23.2 Å². The van der Waals surface area contributed by atoms with Crippen molar-refractivity contribution in [3.8, 4) is 5.69 Å². The molecule has 0 saturated carbocycles. The number of rotatable bonds is 8. The molecular weight excluding hydrogens is 453 g/mol. The van der Waals surface area contributed by atoms with Gasteiger partial charge in [0.2, 0.25) is 0 Å². The minimum Gasteiger partial charge on any atom is -0.383 e. The van der Waals surface area contributed by atoms with Gasteiger partial charge in [0.1, 0.15) is 5.82 Å². The van der Waals surface area contributed by atoms with E-state index in [9.17, 15) is 14.0 Å². The second-order valence-corrected chi connectivity index (χ2v) is 8.65. The van der Waals surface area contributed by atoms with E-state index in [-0.39, 0.29) is 11.5 Å². The van der Waals surface area contributed by atoms with Crippen molar-refractivity contribution in [2.75, 3.05) is 20.3 Å². The van der Waals surface area contributed by atoms with Crippen LogP contribution in [0.15, 0.2) is 76.7 Å². The summed E-state index contributed by atoms with van der Waals surface area (Å²) < 4.78 is 20.4. The first-order valence-corrected chi connectivity index (χ1v) is 11.7. The van der Waals surface area contributed by atoms with Crippen LogP contribution in [0.5, 0.6) is 0 Å². The van der Waals surface area contributed by atoms with Gasteiger partial charge >= 0.3 is 0 Å². The minimum absolute atomic E-state index is 0.274. The Kier molecular flexibility index (Phi) is 7.40. The van der Waals surface area contributed by atoms with Gasteiger partial charge in [-0.2, -0.15) is 0 Å². The molecule has 0 aliphatic rings. The molecule has 0 atom stereocenters. The summed E-state index contributed by atoms with van der Waals surface area (Å²) in [6.45, 7) is 2.80. The lowest BCUT2D eigenvalue weighted by molar-refractivity contribution is 0.0937. The summed E-state index contributed by atoms with van der Waals surface area (Å²) in [5.74, 6) is -0.136. The van der Waals surface area contributed by atoms with Crippen LogP contribution in [0.4, 0.5) is 4.39 Å². The number of carbonyl (C=O) groups excluding carboxylic acids is 1. The number of carbonyl (C=O) groups is 1. The number of hydrogen-bond acceptors (Lipinski definition) is 5. The standard InChI is InChI=1S/C26H24FN3O3S/c1-17-6-3-4-7-19(17)16-34-26-29-23-14-18(24(31)28-12-13-33-2)10-11-22(23)25(32)30(26)21-9-5-8-20(27)15-21/h3-11,14-15H,12-13,16H2,1-2H3,(H,28,31). The number of aryl methyl sites for hydroxylation is 1. The molecule has 0 spiro atoms. The third-order valence-electron chi connectivity index (χ3n) is 5.38. The molecule has 4 aromatic rings. The molecule has 1 heterocycles. The number of hydrogen-bond donors (Lipinski definition) is 1. The minimum atomic E-state index is -0.442. The van der Waals surface area contributed by atoms with Gasteiger partial charge in [0.15, 0.2) is 5.16 Å². The number of halogens is 1. The summed E-state index contributed by atoms with van der Waals surface area (Å²) in [6, 6.07) is 18.6. The van der Waals surface area contributed by atoms with Crippen LogP contribution < -0.4 is 10.9 Å². The average molecular weight is 478 g/mol. The maximum Gasteiger partial charge on any atom is 0.266 e. The number of nitrogens with one attached hydrogen (secondary N) is 1. The molecule has 1 amide bonds. The van der Waals surface area contributed by atoms with Gasteiger partial charge in [-0.05, 0) is 54.4 Å². The van der Waals surface area contributed by atoms with Gasteiger partial charge in [-0.25, -0.2) is 9.37 Å². The van der Waals surface area contributed by atoms with Gasteiger partial charge in [0.25, 0.3) is 11.5 Å². The normalized spacial score (nSPS) is 11.0. The lowest BCUT2D eigenvalue weighted by Gasteiger charge is -2.14. The molecule has 0 unspecified atom stereocenters. The second kappa shape index (κ2) is 10.6. The van der Waals surface area contributed by atoms with Crippen LogP contribution >= 0.6 is 11.8 Å². The van der Waals surface area contributed by atoms with Crippen LogP contribution in [0, 0.1) is 12.7 Å². The maximum absolute atomic E-state index is 14.0. The van der Waals surface area contributed by atoms with E-state index in [0.717, 1.165) is 11.1 Å². The predicted octanol–water partition coefficient (Wildman–Crippen LogP) is 4.50. The lowest BCUT2D eigenvalue weighted by Crippen LogP contribution is -2.27. The highest BCUT2D eigenvalue weighted by atomic mass is 32.2. The van der Waals surface area contributed by atoms with Crippen molar-refractivity contribution in [1.82, 2.24) is 14.9 Å². The summed E-state index contributed by atoms with van der Waals surface area (Å²) in [4.78, 5) is 30.7. The third-order valence-corrected chi connectivity index (χ3v) is 6.36. The molecule has 6 nitrogen and oxygen atoms in total.